The van der Waals surface area contributed by atoms with Crippen LogP contribution in [0.4, 0.5) is 0 Å². The first-order valence-electron chi connectivity index (χ1n) is 7.85. The topological polar surface area (TPSA) is 70.9 Å². The first-order chi connectivity index (χ1) is 11.7. The lowest BCUT2D eigenvalue weighted by molar-refractivity contribution is 0.0916. The zero-order valence-electron chi connectivity index (χ0n) is 13.9. The summed E-state index contributed by atoms with van der Waals surface area (Å²) in [6.07, 6.45) is 2.52. The van der Waals surface area contributed by atoms with Gasteiger partial charge >= 0.3 is 0 Å². The summed E-state index contributed by atoms with van der Waals surface area (Å²) >= 11 is 0. The van der Waals surface area contributed by atoms with Gasteiger partial charge in [0, 0.05) is 5.56 Å². The number of hydrogen-bond donors (Lipinski definition) is 2. The number of aliphatic hydroxyl groups excluding tert-OH is 1. The number of aryl methyl sites for hydroxylation is 1. The lowest BCUT2D eigenvalue weighted by Crippen LogP contribution is -2.30. The first kappa shape index (κ1) is 17.7. The minimum absolute atomic E-state index is 0.157. The SMILES string of the molecule is CCc1ccc(C(CO)NC(=O)c2ccc(/C=N/OC)cc2)cc1. The van der Waals surface area contributed by atoms with E-state index < -0.39 is 6.04 Å². The predicted octanol–water partition coefficient (Wildman–Crippen LogP) is 2.69. The Bertz CT molecular complexity index is 679. The summed E-state index contributed by atoms with van der Waals surface area (Å²) in [5, 5.41) is 16.1. The molecule has 24 heavy (non-hydrogen) atoms. The fourth-order valence-corrected chi connectivity index (χ4v) is 2.30. The minimum atomic E-state index is -0.432. The van der Waals surface area contributed by atoms with Gasteiger partial charge in [-0.2, -0.15) is 0 Å². The van der Waals surface area contributed by atoms with Crippen LogP contribution in [0, 0.1) is 0 Å². The third kappa shape index (κ3) is 4.67. The van der Waals surface area contributed by atoms with Crippen LogP contribution in [-0.2, 0) is 11.3 Å². The largest absolute Gasteiger partial charge is 0.399 e. The maximum Gasteiger partial charge on any atom is 0.251 e. The molecular formula is C19H22N2O3. The lowest BCUT2D eigenvalue weighted by atomic mass is 10.0. The van der Waals surface area contributed by atoms with Gasteiger partial charge in [-0.15, -0.1) is 0 Å². The molecule has 5 heteroatoms. The number of hydrogen-bond acceptors (Lipinski definition) is 4. The molecule has 0 aliphatic heterocycles. The molecule has 0 aromatic heterocycles. The number of carbonyl (C=O) groups excluding carboxylic acids is 1. The highest BCUT2D eigenvalue weighted by atomic mass is 16.6. The van der Waals surface area contributed by atoms with Crippen molar-refractivity contribution < 1.29 is 14.7 Å². The van der Waals surface area contributed by atoms with Crippen LogP contribution in [0.3, 0.4) is 0 Å². The van der Waals surface area contributed by atoms with Crippen LogP contribution >= 0.6 is 0 Å². The van der Waals surface area contributed by atoms with Gasteiger partial charge in [0.15, 0.2) is 0 Å². The molecule has 1 unspecified atom stereocenters. The molecule has 0 saturated carbocycles. The number of rotatable bonds is 7. The van der Waals surface area contributed by atoms with Gasteiger partial charge in [0.25, 0.3) is 5.91 Å². The van der Waals surface area contributed by atoms with Crippen molar-refractivity contribution in [1.82, 2.24) is 5.32 Å². The normalized spacial score (nSPS) is 12.1. The van der Waals surface area contributed by atoms with Crippen molar-refractivity contribution in [3.8, 4) is 0 Å². The van der Waals surface area contributed by atoms with Gasteiger partial charge in [-0.05, 0) is 35.2 Å². The van der Waals surface area contributed by atoms with E-state index in [1.807, 2.05) is 24.3 Å². The molecule has 0 saturated heterocycles. The second-order valence-electron chi connectivity index (χ2n) is 5.34. The van der Waals surface area contributed by atoms with Gasteiger partial charge in [-0.1, -0.05) is 48.5 Å². The molecule has 0 aliphatic rings. The molecule has 0 radical (unpaired) electrons. The van der Waals surface area contributed by atoms with E-state index >= 15 is 0 Å². The van der Waals surface area contributed by atoms with E-state index in [-0.39, 0.29) is 12.5 Å². The molecule has 1 amide bonds. The quantitative estimate of drug-likeness (QED) is 0.607. The maximum atomic E-state index is 12.4. The third-order valence-electron chi connectivity index (χ3n) is 3.76. The van der Waals surface area contributed by atoms with Crippen LogP contribution in [0.25, 0.3) is 0 Å². The van der Waals surface area contributed by atoms with E-state index in [2.05, 4.69) is 22.2 Å². The zero-order valence-corrected chi connectivity index (χ0v) is 13.9. The Morgan fingerprint density at radius 1 is 1.21 bits per heavy atom. The van der Waals surface area contributed by atoms with Crippen LogP contribution in [0.1, 0.15) is 40.0 Å². The average molecular weight is 326 g/mol. The summed E-state index contributed by atoms with van der Waals surface area (Å²) in [6.45, 7) is 1.93. The van der Waals surface area contributed by atoms with Crippen LogP contribution in [0.2, 0.25) is 0 Å². The van der Waals surface area contributed by atoms with Gasteiger partial charge in [-0.25, -0.2) is 0 Å². The Morgan fingerprint density at radius 3 is 2.42 bits per heavy atom. The van der Waals surface area contributed by atoms with E-state index in [1.54, 1.807) is 30.5 Å². The third-order valence-corrected chi connectivity index (χ3v) is 3.76. The Kier molecular flexibility index (Phi) is 6.51. The average Bonchev–Trinajstić information content (AvgIpc) is 2.64. The highest BCUT2D eigenvalue weighted by molar-refractivity contribution is 5.95. The van der Waals surface area contributed by atoms with Crippen molar-refractivity contribution in [3.63, 3.8) is 0 Å². The summed E-state index contributed by atoms with van der Waals surface area (Å²) < 4.78 is 0. The maximum absolute atomic E-state index is 12.4. The zero-order chi connectivity index (χ0) is 17.4. The van der Waals surface area contributed by atoms with E-state index in [4.69, 9.17) is 0 Å². The summed E-state index contributed by atoms with van der Waals surface area (Å²) in [7, 11) is 1.47. The molecule has 1 atom stereocenters. The van der Waals surface area contributed by atoms with E-state index in [9.17, 15) is 9.90 Å². The lowest BCUT2D eigenvalue weighted by Gasteiger charge is -2.17. The number of nitrogens with one attached hydrogen (secondary N) is 1. The fraction of sp³-hybridized carbons (Fsp3) is 0.263. The van der Waals surface area contributed by atoms with E-state index in [0.29, 0.717) is 5.56 Å². The molecule has 126 valence electrons. The molecule has 0 bridgehead atoms. The monoisotopic (exact) mass is 326 g/mol. The Morgan fingerprint density at radius 2 is 1.88 bits per heavy atom. The second kappa shape index (κ2) is 8.84. The number of oxime groups is 1. The van der Waals surface area contributed by atoms with Crippen LogP contribution in [0.5, 0.6) is 0 Å². The summed E-state index contributed by atoms with van der Waals surface area (Å²) in [5.74, 6) is -0.233. The van der Waals surface area contributed by atoms with Gasteiger partial charge < -0.3 is 15.3 Å². The Balaban J connectivity index is 2.06. The smallest absolute Gasteiger partial charge is 0.251 e. The van der Waals surface area contributed by atoms with Gasteiger partial charge in [0.05, 0.1) is 18.9 Å². The van der Waals surface area contributed by atoms with Crippen molar-refractivity contribution in [1.29, 1.82) is 0 Å². The summed E-state index contributed by atoms with van der Waals surface area (Å²) in [5.41, 5.74) is 3.46. The van der Waals surface area contributed by atoms with Crippen LogP contribution in [0.15, 0.2) is 53.7 Å². The molecule has 0 spiro atoms. The van der Waals surface area contributed by atoms with Crippen LogP contribution < -0.4 is 5.32 Å². The first-order valence-corrected chi connectivity index (χ1v) is 7.85. The second-order valence-corrected chi connectivity index (χ2v) is 5.34. The molecule has 2 N–H and O–H groups in total. The number of amides is 1. The Labute approximate surface area is 142 Å². The molecule has 2 aromatic carbocycles. The molecule has 0 fully saturated rings. The van der Waals surface area contributed by atoms with Crippen molar-refractivity contribution in [3.05, 3.63) is 70.8 Å². The Hall–Kier alpha value is -2.66. The summed E-state index contributed by atoms with van der Waals surface area (Å²) in [4.78, 5) is 17.0. The van der Waals surface area contributed by atoms with Crippen molar-refractivity contribution in [2.75, 3.05) is 13.7 Å². The van der Waals surface area contributed by atoms with Gasteiger partial charge in [-0.3, -0.25) is 4.79 Å². The molecular weight excluding hydrogens is 304 g/mol. The molecule has 0 heterocycles. The predicted molar refractivity (Wildman–Crippen MR) is 94.2 cm³/mol. The highest BCUT2D eigenvalue weighted by Gasteiger charge is 2.14. The summed E-state index contributed by atoms with van der Waals surface area (Å²) in [6, 6.07) is 14.4. The van der Waals surface area contributed by atoms with E-state index in [0.717, 1.165) is 17.5 Å². The molecule has 0 aliphatic carbocycles. The molecule has 5 nitrogen and oxygen atoms in total. The molecule has 2 aromatic rings. The van der Waals surface area contributed by atoms with Crippen molar-refractivity contribution in [2.24, 2.45) is 5.16 Å². The van der Waals surface area contributed by atoms with Crippen LogP contribution in [-0.4, -0.2) is 30.9 Å². The number of nitrogens with zero attached hydrogens (tertiary/aromatic N) is 1. The highest BCUT2D eigenvalue weighted by Crippen LogP contribution is 2.15. The van der Waals surface area contributed by atoms with Crippen molar-refractivity contribution in [2.45, 2.75) is 19.4 Å². The standard InChI is InChI=1S/C19H22N2O3/c1-3-14-4-8-16(9-5-14)18(13-22)21-19(23)17-10-6-15(7-11-17)12-20-24-2/h4-12,18,22H,3,13H2,1-2H3,(H,21,23)/b20-12+. The number of benzene rings is 2. The van der Waals surface area contributed by atoms with Gasteiger partial charge in [0.2, 0.25) is 0 Å². The minimum Gasteiger partial charge on any atom is -0.399 e. The van der Waals surface area contributed by atoms with E-state index in [1.165, 1.54) is 12.7 Å². The number of carbonyl (C=O) groups is 1. The van der Waals surface area contributed by atoms with Gasteiger partial charge in [0.1, 0.15) is 7.11 Å². The fourth-order valence-electron chi connectivity index (χ4n) is 2.30. The van der Waals surface area contributed by atoms with Crippen molar-refractivity contribution >= 4 is 12.1 Å². The number of aliphatic hydroxyl groups is 1. The molecule has 2 rings (SSSR count).